The molecule has 0 aliphatic carbocycles. The van der Waals surface area contributed by atoms with Gasteiger partial charge in [0.25, 0.3) is 0 Å². The van der Waals surface area contributed by atoms with Crippen molar-refractivity contribution in [1.82, 2.24) is 15.3 Å². The van der Waals surface area contributed by atoms with E-state index in [1.54, 1.807) is 7.11 Å². The van der Waals surface area contributed by atoms with Gasteiger partial charge in [-0.05, 0) is 44.4 Å². The Hall–Kier alpha value is -2.41. The Morgan fingerprint density at radius 1 is 1.35 bits per heavy atom. The molecule has 7 heteroatoms. The molecule has 1 aromatic heterocycles. The number of aryl methyl sites for hydroxylation is 1. The van der Waals surface area contributed by atoms with Crippen molar-refractivity contribution in [2.24, 2.45) is 0 Å². The van der Waals surface area contributed by atoms with Crippen LogP contribution in [-0.4, -0.2) is 54.8 Å². The van der Waals surface area contributed by atoms with E-state index in [2.05, 4.69) is 10.3 Å². The van der Waals surface area contributed by atoms with Crippen LogP contribution in [0.15, 0.2) is 18.2 Å². The van der Waals surface area contributed by atoms with Crippen LogP contribution >= 0.6 is 0 Å². The number of carbonyl (C=O) groups is 1. The average Bonchev–Trinajstić information content (AvgIpc) is 3.33. The largest absolute Gasteiger partial charge is 0.497 e. The van der Waals surface area contributed by atoms with Crippen LogP contribution in [0.3, 0.4) is 0 Å². The van der Waals surface area contributed by atoms with Crippen LogP contribution in [0.25, 0.3) is 10.9 Å². The summed E-state index contributed by atoms with van der Waals surface area (Å²) in [7, 11) is 1.65. The van der Waals surface area contributed by atoms with E-state index in [1.165, 1.54) is 0 Å². The summed E-state index contributed by atoms with van der Waals surface area (Å²) in [6.45, 7) is 4.08. The molecule has 0 spiro atoms. The van der Waals surface area contributed by atoms with Crippen molar-refractivity contribution in [1.29, 1.82) is 0 Å². The van der Waals surface area contributed by atoms with Crippen molar-refractivity contribution < 1.29 is 14.3 Å². The monoisotopic (exact) mass is 356 g/mol. The molecule has 1 amide bonds. The van der Waals surface area contributed by atoms with Gasteiger partial charge in [0.15, 0.2) is 0 Å². The number of anilines is 1. The van der Waals surface area contributed by atoms with Gasteiger partial charge in [-0.1, -0.05) is 0 Å². The first-order valence-electron chi connectivity index (χ1n) is 9.13. The van der Waals surface area contributed by atoms with E-state index in [1.807, 2.05) is 30.0 Å². The van der Waals surface area contributed by atoms with Gasteiger partial charge in [-0.2, -0.15) is 0 Å². The normalized spacial score (nSPS) is 22.8. The SMILES string of the molecule is COc1ccc2nc(N3CCCC3C(=O)NC3CCOC3)nc(C)c2c1. The molecule has 138 valence electrons. The number of nitrogens with one attached hydrogen (secondary N) is 1. The Bertz CT molecular complexity index is 820. The third-order valence-electron chi connectivity index (χ3n) is 5.17. The standard InChI is InChI=1S/C19H24N4O3/c1-12-15-10-14(25-2)5-6-16(15)22-19(20-12)23-8-3-4-17(23)18(24)21-13-7-9-26-11-13/h5-6,10,13,17H,3-4,7-9,11H2,1-2H3,(H,21,24). The number of hydrogen-bond acceptors (Lipinski definition) is 6. The summed E-state index contributed by atoms with van der Waals surface area (Å²) in [6, 6.07) is 5.69. The Morgan fingerprint density at radius 3 is 3.00 bits per heavy atom. The fourth-order valence-corrected chi connectivity index (χ4v) is 3.73. The minimum Gasteiger partial charge on any atom is -0.497 e. The molecule has 0 radical (unpaired) electrons. The Balaban J connectivity index is 1.59. The van der Waals surface area contributed by atoms with Crippen LogP contribution in [0.4, 0.5) is 5.95 Å². The zero-order valence-corrected chi connectivity index (χ0v) is 15.2. The second kappa shape index (κ2) is 7.07. The van der Waals surface area contributed by atoms with Crippen molar-refractivity contribution in [3.8, 4) is 5.75 Å². The molecule has 7 nitrogen and oxygen atoms in total. The number of rotatable bonds is 4. The van der Waals surface area contributed by atoms with Crippen molar-refractivity contribution in [2.75, 3.05) is 31.8 Å². The van der Waals surface area contributed by atoms with E-state index in [4.69, 9.17) is 14.5 Å². The molecular weight excluding hydrogens is 332 g/mol. The van der Waals surface area contributed by atoms with Gasteiger partial charge in [0.2, 0.25) is 11.9 Å². The molecule has 0 saturated carbocycles. The van der Waals surface area contributed by atoms with Gasteiger partial charge in [0.1, 0.15) is 11.8 Å². The molecule has 3 heterocycles. The van der Waals surface area contributed by atoms with E-state index in [9.17, 15) is 4.79 Å². The van der Waals surface area contributed by atoms with Crippen LogP contribution < -0.4 is 15.0 Å². The number of ether oxygens (including phenoxy) is 2. The predicted octanol–water partition coefficient (Wildman–Crippen LogP) is 1.82. The molecule has 2 fully saturated rings. The van der Waals surface area contributed by atoms with Gasteiger partial charge in [-0.15, -0.1) is 0 Å². The fourth-order valence-electron chi connectivity index (χ4n) is 3.73. The van der Waals surface area contributed by atoms with E-state index in [0.717, 1.165) is 54.8 Å². The number of carbonyl (C=O) groups excluding carboxylic acids is 1. The molecule has 2 atom stereocenters. The number of aromatic nitrogens is 2. The first-order chi connectivity index (χ1) is 12.7. The second-order valence-electron chi connectivity index (χ2n) is 6.91. The summed E-state index contributed by atoms with van der Waals surface area (Å²) in [5.41, 5.74) is 1.75. The molecule has 2 saturated heterocycles. The van der Waals surface area contributed by atoms with E-state index in [-0.39, 0.29) is 18.0 Å². The molecule has 26 heavy (non-hydrogen) atoms. The zero-order chi connectivity index (χ0) is 18.1. The summed E-state index contributed by atoms with van der Waals surface area (Å²) in [5, 5.41) is 4.08. The quantitative estimate of drug-likeness (QED) is 0.901. The lowest BCUT2D eigenvalue weighted by molar-refractivity contribution is -0.122. The van der Waals surface area contributed by atoms with Crippen LogP contribution in [0.5, 0.6) is 5.75 Å². The molecule has 2 aliphatic heterocycles. The molecule has 2 aliphatic rings. The highest BCUT2D eigenvalue weighted by molar-refractivity contribution is 5.87. The van der Waals surface area contributed by atoms with E-state index < -0.39 is 0 Å². The maximum atomic E-state index is 12.7. The number of hydrogen-bond donors (Lipinski definition) is 1. The Labute approximate surface area is 152 Å². The van der Waals surface area contributed by atoms with Crippen LogP contribution in [0.2, 0.25) is 0 Å². The van der Waals surface area contributed by atoms with Crippen molar-refractivity contribution in [2.45, 2.75) is 38.3 Å². The molecule has 0 bridgehead atoms. The summed E-state index contributed by atoms with van der Waals surface area (Å²) in [6.07, 6.45) is 2.66. The minimum absolute atomic E-state index is 0.0501. The van der Waals surface area contributed by atoms with E-state index in [0.29, 0.717) is 12.6 Å². The van der Waals surface area contributed by atoms with Crippen molar-refractivity contribution in [3.05, 3.63) is 23.9 Å². The molecule has 1 aromatic carbocycles. The highest BCUT2D eigenvalue weighted by Gasteiger charge is 2.34. The van der Waals surface area contributed by atoms with Crippen molar-refractivity contribution >= 4 is 22.8 Å². The fraction of sp³-hybridized carbons (Fsp3) is 0.526. The molecule has 4 rings (SSSR count). The maximum Gasteiger partial charge on any atom is 0.243 e. The average molecular weight is 356 g/mol. The maximum absolute atomic E-state index is 12.7. The first kappa shape index (κ1) is 17.0. The molecular formula is C19H24N4O3. The highest BCUT2D eigenvalue weighted by atomic mass is 16.5. The first-order valence-corrected chi connectivity index (χ1v) is 9.13. The number of fused-ring (bicyclic) bond motifs is 1. The topological polar surface area (TPSA) is 76.6 Å². The summed E-state index contributed by atoms with van der Waals surface area (Å²) in [5.74, 6) is 1.46. The molecule has 2 unspecified atom stereocenters. The van der Waals surface area contributed by atoms with Gasteiger partial charge >= 0.3 is 0 Å². The third kappa shape index (κ3) is 3.19. The molecule has 1 N–H and O–H groups in total. The predicted molar refractivity (Wildman–Crippen MR) is 98.6 cm³/mol. The highest BCUT2D eigenvalue weighted by Crippen LogP contribution is 2.27. The number of methoxy groups -OCH3 is 1. The van der Waals surface area contributed by atoms with Crippen LogP contribution in [-0.2, 0) is 9.53 Å². The van der Waals surface area contributed by atoms with Gasteiger partial charge in [-0.25, -0.2) is 9.97 Å². The van der Waals surface area contributed by atoms with Crippen molar-refractivity contribution in [3.63, 3.8) is 0 Å². The van der Waals surface area contributed by atoms with Crippen LogP contribution in [0, 0.1) is 6.92 Å². The zero-order valence-electron chi connectivity index (χ0n) is 15.2. The third-order valence-corrected chi connectivity index (χ3v) is 5.17. The lowest BCUT2D eigenvalue weighted by Crippen LogP contribution is -2.47. The number of amides is 1. The smallest absolute Gasteiger partial charge is 0.243 e. The summed E-state index contributed by atoms with van der Waals surface area (Å²) >= 11 is 0. The summed E-state index contributed by atoms with van der Waals surface area (Å²) < 4.78 is 10.6. The minimum atomic E-state index is -0.217. The Kier molecular flexibility index (Phi) is 4.63. The Morgan fingerprint density at radius 2 is 2.23 bits per heavy atom. The van der Waals surface area contributed by atoms with Crippen LogP contribution in [0.1, 0.15) is 25.0 Å². The lowest BCUT2D eigenvalue weighted by atomic mass is 10.1. The molecule has 2 aromatic rings. The lowest BCUT2D eigenvalue weighted by Gasteiger charge is -2.25. The van der Waals surface area contributed by atoms with Gasteiger partial charge < -0.3 is 19.7 Å². The van der Waals surface area contributed by atoms with Gasteiger partial charge in [-0.3, -0.25) is 4.79 Å². The van der Waals surface area contributed by atoms with E-state index >= 15 is 0 Å². The number of nitrogens with zero attached hydrogens (tertiary/aromatic N) is 3. The number of benzene rings is 1. The second-order valence-corrected chi connectivity index (χ2v) is 6.91. The van der Waals surface area contributed by atoms with Gasteiger partial charge in [0.05, 0.1) is 31.0 Å². The van der Waals surface area contributed by atoms with Gasteiger partial charge in [0, 0.05) is 18.5 Å². The summed E-state index contributed by atoms with van der Waals surface area (Å²) in [4.78, 5) is 24.2.